The van der Waals surface area contributed by atoms with E-state index in [1.165, 1.54) is 11.5 Å². The number of β-amino-alcohol motifs (C(OH)–C–C–N with tert-alkyl or cyclic N) is 1. The van der Waals surface area contributed by atoms with Gasteiger partial charge in [-0.25, -0.2) is 0 Å². The van der Waals surface area contributed by atoms with Crippen LogP contribution in [0.1, 0.15) is 20.8 Å². The number of hydrogen-bond acceptors (Lipinski definition) is 4. The van der Waals surface area contributed by atoms with Gasteiger partial charge in [0, 0.05) is 30.6 Å². The van der Waals surface area contributed by atoms with Crippen LogP contribution in [0.2, 0.25) is 0 Å². The second-order valence-corrected chi connectivity index (χ2v) is 5.60. The van der Waals surface area contributed by atoms with Gasteiger partial charge in [-0.15, -0.1) is 0 Å². The van der Waals surface area contributed by atoms with Crippen LogP contribution >= 0.6 is 11.8 Å². The first-order chi connectivity index (χ1) is 7.09. The van der Waals surface area contributed by atoms with E-state index in [-0.39, 0.29) is 12.2 Å². The summed E-state index contributed by atoms with van der Waals surface area (Å²) in [4.78, 5) is 2.35. The maximum atomic E-state index is 9.79. The van der Waals surface area contributed by atoms with Gasteiger partial charge < -0.3 is 9.84 Å². The lowest BCUT2D eigenvalue weighted by Crippen LogP contribution is -2.45. The number of ether oxygens (including phenoxy) is 1. The van der Waals surface area contributed by atoms with Crippen LogP contribution in [0.25, 0.3) is 0 Å². The van der Waals surface area contributed by atoms with Crippen LogP contribution in [-0.2, 0) is 4.74 Å². The normalized spacial score (nSPS) is 25.8. The monoisotopic (exact) mass is 233 g/mol. The first-order valence-corrected chi connectivity index (χ1v) is 6.86. The standard InChI is InChI=1S/C11H23NO2S/c1-9(2)14-7-11(13)6-12-4-5-15-8-10(12)3/h9-11,13H,4-8H2,1-3H3. The van der Waals surface area contributed by atoms with Crippen molar-refractivity contribution in [3.05, 3.63) is 0 Å². The van der Waals surface area contributed by atoms with Gasteiger partial charge in [0.25, 0.3) is 0 Å². The minimum absolute atomic E-state index is 0.203. The summed E-state index contributed by atoms with van der Waals surface area (Å²) in [5, 5.41) is 9.79. The van der Waals surface area contributed by atoms with Crippen molar-refractivity contribution in [2.24, 2.45) is 0 Å². The number of rotatable bonds is 5. The Morgan fingerprint density at radius 2 is 2.27 bits per heavy atom. The fraction of sp³-hybridized carbons (Fsp3) is 1.00. The molecule has 0 aromatic carbocycles. The summed E-state index contributed by atoms with van der Waals surface area (Å²) in [7, 11) is 0. The molecule has 0 aliphatic carbocycles. The van der Waals surface area contributed by atoms with E-state index < -0.39 is 0 Å². The van der Waals surface area contributed by atoms with E-state index in [0.29, 0.717) is 12.6 Å². The van der Waals surface area contributed by atoms with E-state index in [0.717, 1.165) is 13.1 Å². The zero-order valence-corrected chi connectivity index (χ0v) is 10.8. The maximum absolute atomic E-state index is 9.79. The molecule has 1 rings (SSSR count). The lowest BCUT2D eigenvalue weighted by Gasteiger charge is -2.34. The Morgan fingerprint density at radius 1 is 1.53 bits per heavy atom. The Labute approximate surface area is 97.2 Å². The SMILES string of the molecule is CC(C)OCC(O)CN1CCSCC1C. The van der Waals surface area contributed by atoms with Crippen molar-refractivity contribution in [2.75, 3.05) is 31.2 Å². The molecule has 90 valence electrons. The summed E-state index contributed by atoms with van der Waals surface area (Å²) in [6.45, 7) is 8.50. The van der Waals surface area contributed by atoms with Gasteiger partial charge in [-0.3, -0.25) is 4.90 Å². The molecule has 2 unspecified atom stereocenters. The molecule has 4 heteroatoms. The quantitative estimate of drug-likeness (QED) is 0.774. The van der Waals surface area contributed by atoms with Crippen molar-refractivity contribution < 1.29 is 9.84 Å². The van der Waals surface area contributed by atoms with Gasteiger partial charge in [-0.2, -0.15) is 11.8 Å². The molecule has 1 aliphatic rings. The van der Waals surface area contributed by atoms with Crippen molar-refractivity contribution in [1.82, 2.24) is 4.90 Å². The molecule has 0 spiro atoms. The van der Waals surface area contributed by atoms with Gasteiger partial charge in [-0.1, -0.05) is 0 Å². The van der Waals surface area contributed by atoms with E-state index in [4.69, 9.17) is 4.74 Å². The molecule has 1 N–H and O–H groups in total. The smallest absolute Gasteiger partial charge is 0.0900 e. The van der Waals surface area contributed by atoms with Crippen molar-refractivity contribution in [3.8, 4) is 0 Å². The Bertz CT molecular complexity index is 178. The van der Waals surface area contributed by atoms with E-state index in [1.54, 1.807) is 0 Å². The maximum Gasteiger partial charge on any atom is 0.0900 e. The lowest BCUT2D eigenvalue weighted by molar-refractivity contribution is -0.0116. The average molecular weight is 233 g/mol. The van der Waals surface area contributed by atoms with Crippen molar-refractivity contribution in [3.63, 3.8) is 0 Å². The van der Waals surface area contributed by atoms with Crippen LogP contribution in [0.15, 0.2) is 0 Å². The predicted octanol–water partition coefficient (Wildman–Crippen LogP) is 1.21. The molecular formula is C11H23NO2S. The number of hydrogen-bond donors (Lipinski definition) is 1. The predicted molar refractivity (Wildman–Crippen MR) is 65.5 cm³/mol. The highest BCUT2D eigenvalue weighted by molar-refractivity contribution is 7.99. The summed E-state index contributed by atoms with van der Waals surface area (Å²) < 4.78 is 5.40. The third-order valence-corrected chi connectivity index (χ3v) is 3.76. The Morgan fingerprint density at radius 3 is 2.87 bits per heavy atom. The topological polar surface area (TPSA) is 32.7 Å². The third-order valence-electron chi connectivity index (χ3n) is 2.57. The molecular weight excluding hydrogens is 210 g/mol. The Hall–Kier alpha value is 0.230. The van der Waals surface area contributed by atoms with Gasteiger partial charge in [0.05, 0.1) is 18.8 Å². The number of aliphatic hydroxyl groups excluding tert-OH is 1. The molecule has 1 saturated heterocycles. The molecule has 0 aromatic rings. The van der Waals surface area contributed by atoms with Gasteiger partial charge in [0.15, 0.2) is 0 Å². The van der Waals surface area contributed by atoms with Crippen LogP contribution in [-0.4, -0.2) is 59.5 Å². The highest BCUT2D eigenvalue weighted by Gasteiger charge is 2.21. The highest BCUT2D eigenvalue weighted by atomic mass is 32.2. The molecule has 1 heterocycles. The molecule has 0 saturated carbocycles. The van der Waals surface area contributed by atoms with Gasteiger partial charge in [0.2, 0.25) is 0 Å². The number of aliphatic hydroxyl groups is 1. The molecule has 15 heavy (non-hydrogen) atoms. The molecule has 3 nitrogen and oxygen atoms in total. The summed E-state index contributed by atoms with van der Waals surface area (Å²) in [5.41, 5.74) is 0. The fourth-order valence-electron chi connectivity index (χ4n) is 1.66. The molecule has 0 radical (unpaired) electrons. The summed E-state index contributed by atoms with van der Waals surface area (Å²) in [6.07, 6.45) is -0.146. The van der Waals surface area contributed by atoms with Crippen molar-refractivity contribution >= 4 is 11.8 Å². The van der Waals surface area contributed by atoms with E-state index in [2.05, 4.69) is 11.8 Å². The van der Waals surface area contributed by atoms with Crippen LogP contribution < -0.4 is 0 Å². The molecule has 1 aliphatic heterocycles. The number of nitrogens with zero attached hydrogens (tertiary/aromatic N) is 1. The van der Waals surface area contributed by atoms with Gasteiger partial charge in [0.1, 0.15) is 0 Å². The molecule has 0 amide bonds. The minimum Gasteiger partial charge on any atom is -0.389 e. The van der Waals surface area contributed by atoms with Gasteiger partial charge >= 0.3 is 0 Å². The third kappa shape index (κ3) is 5.20. The zero-order chi connectivity index (χ0) is 11.3. The highest BCUT2D eigenvalue weighted by Crippen LogP contribution is 2.16. The summed E-state index contributed by atoms with van der Waals surface area (Å²) in [5.74, 6) is 2.36. The van der Waals surface area contributed by atoms with E-state index in [1.807, 2.05) is 25.6 Å². The zero-order valence-electron chi connectivity index (χ0n) is 9.98. The van der Waals surface area contributed by atoms with E-state index >= 15 is 0 Å². The van der Waals surface area contributed by atoms with Crippen molar-refractivity contribution in [1.29, 1.82) is 0 Å². The molecule has 1 fully saturated rings. The second-order valence-electron chi connectivity index (χ2n) is 4.45. The average Bonchev–Trinajstić information content (AvgIpc) is 2.18. The van der Waals surface area contributed by atoms with Crippen LogP contribution in [0, 0.1) is 0 Å². The Balaban J connectivity index is 2.20. The Kier molecular flexibility index (Phi) is 5.97. The fourth-order valence-corrected chi connectivity index (χ4v) is 2.74. The van der Waals surface area contributed by atoms with E-state index in [9.17, 15) is 5.11 Å². The van der Waals surface area contributed by atoms with Crippen LogP contribution in [0.4, 0.5) is 0 Å². The largest absolute Gasteiger partial charge is 0.389 e. The van der Waals surface area contributed by atoms with Gasteiger partial charge in [-0.05, 0) is 20.8 Å². The minimum atomic E-state index is -0.349. The molecule has 0 bridgehead atoms. The molecule has 0 aromatic heterocycles. The molecule has 2 atom stereocenters. The summed E-state index contributed by atoms with van der Waals surface area (Å²) >= 11 is 2.00. The lowest BCUT2D eigenvalue weighted by atomic mass is 10.2. The first kappa shape index (κ1) is 13.3. The first-order valence-electron chi connectivity index (χ1n) is 5.71. The van der Waals surface area contributed by atoms with Crippen LogP contribution in [0.5, 0.6) is 0 Å². The summed E-state index contributed by atoms with van der Waals surface area (Å²) in [6, 6.07) is 0.581. The van der Waals surface area contributed by atoms with Crippen molar-refractivity contribution in [2.45, 2.75) is 39.0 Å². The van der Waals surface area contributed by atoms with Crippen LogP contribution in [0.3, 0.4) is 0 Å². The second kappa shape index (κ2) is 6.74. The number of thioether (sulfide) groups is 1.